The third-order valence-electron chi connectivity index (χ3n) is 4.97. The second kappa shape index (κ2) is 6.07. The third kappa shape index (κ3) is 2.91. The zero-order chi connectivity index (χ0) is 14.8. The molecule has 2 nitrogen and oxygen atoms in total. The lowest BCUT2D eigenvalue weighted by molar-refractivity contribution is 0.262. The first-order valence-corrected chi connectivity index (χ1v) is 8.13. The summed E-state index contributed by atoms with van der Waals surface area (Å²) in [5.41, 5.74) is 1.01. The molecular weight excluding hydrogens is 258 g/mol. The standard InChI is InChI=1S/C19H25NO/c1-13-7-3-6-10-18(13)20-14(2)16-12-11-15-8-4-5-9-17(15)19(16)21/h4-5,8-9,11-14,18,20-21H,3,6-7,10H2,1-2H3. The number of fused-ring (bicyclic) bond motifs is 1. The molecule has 2 aromatic carbocycles. The highest BCUT2D eigenvalue weighted by Crippen LogP contribution is 2.34. The van der Waals surface area contributed by atoms with Crippen LogP contribution in [-0.4, -0.2) is 11.1 Å². The summed E-state index contributed by atoms with van der Waals surface area (Å²) in [6, 6.07) is 12.9. The first-order valence-electron chi connectivity index (χ1n) is 8.13. The minimum absolute atomic E-state index is 0.181. The number of phenolic OH excluding ortho intramolecular Hbond substituents is 1. The van der Waals surface area contributed by atoms with E-state index < -0.39 is 0 Å². The van der Waals surface area contributed by atoms with Gasteiger partial charge in [-0.25, -0.2) is 0 Å². The van der Waals surface area contributed by atoms with E-state index in [-0.39, 0.29) is 6.04 Å². The highest BCUT2D eigenvalue weighted by Gasteiger charge is 2.24. The van der Waals surface area contributed by atoms with Crippen molar-refractivity contribution in [3.05, 3.63) is 42.0 Å². The molecule has 21 heavy (non-hydrogen) atoms. The largest absolute Gasteiger partial charge is 0.507 e. The van der Waals surface area contributed by atoms with Crippen molar-refractivity contribution in [3.8, 4) is 5.75 Å². The van der Waals surface area contributed by atoms with Gasteiger partial charge in [0.15, 0.2) is 0 Å². The van der Waals surface area contributed by atoms with Gasteiger partial charge in [-0.15, -0.1) is 0 Å². The molecule has 1 aliphatic carbocycles. The van der Waals surface area contributed by atoms with Crippen LogP contribution < -0.4 is 5.32 Å². The van der Waals surface area contributed by atoms with Gasteiger partial charge in [0.1, 0.15) is 5.75 Å². The quantitative estimate of drug-likeness (QED) is 0.850. The maximum Gasteiger partial charge on any atom is 0.128 e. The summed E-state index contributed by atoms with van der Waals surface area (Å²) in [6.45, 7) is 4.49. The first-order chi connectivity index (χ1) is 10.2. The first kappa shape index (κ1) is 14.4. The van der Waals surface area contributed by atoms with Gasteiger partial charge in [0.25, 0.3) is 0 Å². The van der Waals surface area contributed by atoms with Gasteiger partial charge in [-0.2, -0.15) is 0 Å². The van der Waals surface area contributed by atoms with Crippen LogP contribution in [0.5, 0.6) is 5.75 Å². The summed E-state index contributed by atoms with van der Waals surface area (Å²) >= 11 is 0. The summed E-state index contributed by atoms with van der Waals surface area (Å²) in [5, 5.41) is 16.3. The van der Waals surface area contributed by atoms with Crippen molar-refractivity contribution < 1.29 is 5.11 Å². The Balaban J connectivity index is 1.84. The van der Waals surface area contributed by atoms with Crippen LogP contribution in [0.25, 0.3) is 10.8 Å². The van der Waals surface area contributed by atoms with Crippen LogP contribution in [0.2, 0.25) is 0 Å². The average Bonchev–Trinajstić information content (AvgIpc) is 2.50. The molecule has 0 spiro atoms. The molecule has 1 aliphatic rings. The van der Waals surface area contributed by atoms with Crippen molar-refractivity contribution in [2.24, 2.45) is 5.92 Å². The summed E-state index contributed by atoms with van der Waals surface area (Å²) in [4.78, 5) is 0. The van der Waals surface area contributed by atoms with Crippen LogP contribution in [0.4, 0.5) is 0 Å². The summed E-state index contributed by atoms with van der Waals surface area (Å²) in [6.07, 6.45) is 5.24. The fraction of sp³-hybridized carbons (Fsp3) is 0.474. The smallest absolute Gasteiger partial charge is 0.128 e. The Morgan fingerprint density at radius 2 is 1.86 bits per heavy atom. The van der Waals surface area contributed by atoms with Gasteiger partial charge in [0, 0.05) is 23.0 Å². The van der Waals surface area contributed by atoms with E-state index in [1.165, 1.54) is 25.7 Å². The second-order valence-electron chi connectivity index (χ2n) is 6.48. The molecule has 1 fully saturated rings. The number of hydrogen-bond donors (Lipinski definition) is 2. The van der Waals surface area contributed by atoms with E-state index in [0.29, 0.717) is 11.8 Å². The fourth-order valence-corrected chi connectivity index (χ4v) is 3.60. The normalized spacial score (nSPS) is 24.1. The maximum atomic E-state index is 10.6. The van der Waals surface area contributed by atoms with E-state index in [9.17, 15) is 5.11 Å². The molecule has 2 aromatic rings. The highest BCUT2D eigenvalue weighted by molar-refractivity contribution is 5.89. The number of benzene rings is 2. The molecule has 0 aliphatic heterocycles. The molecule has 112 valence electrons. The molecule has 3 rings (SSSR count). The Kier molecular flexibility index (Phi) is 4.16. The van der Waals surface area contributed by atoms with E-state index in [0.717, 1.165) is 22.3 Å². The van der Waals surface area contributed by atoms with Crippen molar-refractivity contribution >= 4 is 10.8 Å². The monoisotopic (exact) mass is 283 g/mol. The van der Waals surface area contributed by atoms with Gasteiger partial charge in [-0.05, 0) is 31.1 Å². The minimum atomic E-state index is 0.181. The third-order valence-corrected chi connectivity index (χ3v) is 4.97. The molecular formula is C19H25NO. The van der Waals surface area contributed by atoms with E-state index in [2.05, 4.69) is 31.3 Å². The molecule has 0 saturated heterocycles. The molecule has 0 heterocycles. The van der Waals surface area contributed by atoms with Crippen LogP contribution in [-0.2, 0) is 0 Å². The van der Waals surface area contributed by atoms with Crippen LogP contribution in [0.3, 0.4) is 0 Å². The summed E-state index contributed by atoms with van der Waals surface area (Å²) in [7, 11) is 0. The Morgan fingerprint density at radius 3 is 2.67 bits per heavy atom. The number of aromatic hydroxyl groups is 1. The van der Waals surface area contributed by atoms with E-state index in [1.54, 1.807) is 0 Å². The van der Waals surface area contributed by atoms with Crippen molar-refractivity contribution in [2.75, 3.05) is 0 Å². The predicted octanol–water partition coefficient (Wildman–Crippen LogP) is 4.77. The van der Waals surface area contributed by atoms with Crippen molar-refractivity contribution in [3.63, 3.8) is 0 Å². The minimum Gasteiger partial charge on any atom is -0.507 e. The number of phenols is 1. The lowest BCUT2D eigenvalue weighted by atomic mass is 9.85. The lowest BCUT2D eigenvalue weighted by Crippen LogP contribution is -2.38. The molecule has 0 radical (unpaired) electrons. The van der Waals surface area contributed by atoms with Crippen molar-refractivity contribution in [1.29, 1.82) is 0 Å². The number of hydrogen-bond acceptors (Lipinski definition) is 2. The Hall–Kier alpha value is -1.54. The van der Waals surface area contributed by atoms with Gasteiger partial charge < -0.3 is 10.4 Å². The van der Waals surface area contributed by atoms with Gasteiger partial charge in [-0.3, -0.25) is 0 Å². The van der Waals surface area contributed by atoms with E-state index >= 15 is 0 Å². The topological polar surface area (TPSA) is 32.3 Å². The van der Waals surface area contributed by atoms with E-state index in [1.807, 2.05) is 24.3 Å². The van der Waals surface area contributed by atoms with Crippen molar-refractivity contribution in [1.82, 2.24) is 5.32 Å². The average molecular weight is 283 g/mol. The van der Waals surface area contributed by atoms with Gasteiger partial charge >= 0.3 is 0 Å². The lowest BCUT2D eigenvalue weighted by Gasteiger charge is -2.32. The predicted molar refractivity (Wildman–Crippen MR) is 88.6 cm³/mol. The molecule has 0 amide bonds. The Labute approximate surface area is 127 Å². The zero-order valence-corrected chi connectivity index (χ0v) is 13.0. The molecule has 2 N–H and O–H groups in total. The second-order valence-corrected chi connectivity index (χ2v) is 6.48. The van der Waals surface area contributed by atoms with Crippen LogP contribution in [0, 0.1) is 5.92 Å². The van der Waals surface area contributed by atoms with Gasteiger partial charge in [0.2, 0.25) is 0 Å². The van der Waals surface area contributed by atoms with Crippen LogP contribution in [0.1, 0.15) is 51.1 Å². The molecule has 3 unspecified atom stereocenters. The molecule has 3 atom stereocenters. The zero-order valence-electron chi connectivity index (χ0n) is 13.0. The summed E-state index contributed by atoms with van der Waals surface area (Å²) in [5.74, 6) is 1.15. The Morgan fingerprint density at radius 1 is 1.10 bits per heavy atom. The van der Waals surface area contributed by atoms with Crippen molar-refractivity contribution in [2.45, 2.75) is 51.6 Å². The summed E-state index contributed by atoms with van der Waals surface area (Å²) < 4.78 is 0. The molecule has 2 heteroatoms. The highest BCUT2D eigenvalue weighted by atomic mass is 16.3. The number of nitrogens with one attached hydrogen (secondary N) is 1. The molecule has 1 saturated carbocycles. The van der Waals surface area contributed by atoms with Gasteiger partial charge in [0.05, 0.1) is 0 Å². The number of rotatable bonds is 3. The fourth-order valence-electron chi connectivity index (χ4n) is 3.60. The van der Waals surface area contributed by atoms with Crippen LogP contribution >= 0.6 is 0 Å². The molecule has 0 bridgehead atoms. The SMILES string of the molecule is CC(NC1CCCCC1C)c1ccc2ccccc2c1O. The molecule has 0 aromatic heterocycles. The van der Waals surface area contributed by atoms with E-state index in [4.69, 9.17) is 0 Å². The van der Waals surface area contributed by atoms with Gasteiger partial charge in [-0.1, -0.05) is 56.2 Å². The van der Waals surface area contributed by atoms with Crippen LogP contribution in [0.15, 0.2) is 36.4 Å². The Bertz CT molecular complexity index is 622. The maximum absolute atomic E-state index is 10.6.